The van der Waals surface area contributed by atoms with Gasteiger partial charge in [0.25, 0.3) is 0 Å². The summed E-state index contributed by atoms with van der Waals surface area (Å²) in [7, 11) is 0. The fourth-order valence-corrected chi connectivity index (χ4v) is 2.33. The smallest absolute Gasteiger partial charge is 0.308 e. The van der Waals surface area contributed by atoms with Gasteiger partial charge in [0.1, 0.15) is 0 Å². The van der Waals surface area contributed by atoms with E-state index in [0.29, 0.717) is 11.0 Å². The predicted octanol–water partition coefficient (Wildman–Crippen LogP) is 0.150. The van der Waals surface area contributed by atoms with Crippen molar-refractivity contribution < 1.29 is 9.90 Å². The van der Waals surface area contributed by atoms with E-state index in [-0.39, 0.29) is 12.0 Å². The lowest BCUT2D eigenvalue weighted by Crippen LogP contribution is -2.37. The number of hydrogen-bond acceptors (Lipinski definition) is 3. The van der Waals surface area contributed by atoms with Crippen molar-refractivity contribution in [1.29, 1.82) is 0 Å². The lowest BCUT2D eigenvalue weighted by Gasteiger charge is -2.11. The third-order valence-electron chi connectivity index (χ3n) is 1.86. The highest BCUT2D eigenvalue weighted by atomic mass is 32.2. The molecule has 1 fully saturated rings. The van der Waals surface area contributed by atoms with E-state index in [2.05, 4.69) is 0 Å². The fraction of sp³-hybridized carbons (Fsp3) is 0.833. The average molecular weight is 161 g/mol. The molecule has 1 heterocycles. The minimum Gasteiger partial charge on any atom is -0.481 e. The summed E-state index contributed by atoms with van der Waals surface area (Å²) >= 11 is 1.64. The summed E-state index contributed by atoms with van der Waals surface area (Å²) in [6.07, 6.45) is 0. The Balaban J connectivity index is 2.57. The van der Waals surface area contributed by atoms with Crippen LogP contribution in [-0.4, -0.2) is 28.1 Å². The van der Waals surface area contributed by atoms with Gasteiger partial charge in [0, 0.05) is 17.0 Å². The van der Waals surface area contributed by atoms with Crippen LogP contribution in [0, 0.1) is 5.92 Å². The molecule has 0 radical (unpaired) electrons. The largest absolute Gasteiger partial charge is 0.481 e. The van der Waals surface area contributed by atoms with Gasteiger partial charge in [0.2, 0.25) is 0 Å². The van der Waals surface area contributed by atoms with Gasteiger partial charge in [-0.15, -0.1) is 0 Å². The van der Waals surface area contributed by atoms with Crippen molar-refractivity contribution >= 4 is 17.7 Å². The molecule has 0 aromatic heterocycles. The van der Waals surface area contributed by atoms with Crippen LogP contribution >= 0.6 is 11.8 Å². The van der Waals surface area contributed by atoms with Crippen LogP contribution in [0.3, 0.4) is 0 Å². The Hall–Kier alpha value is -0.220. The molecule has 1 rings (SSSR count). The quantitative estimate of drug-likeness (QED) is 0.574. The van der Waals surface area contributed by atoms with Gasteiger partial charge >= 0.3 is 5.97 Å². The molecule has 4 heteroatoms. The van der Waals surface area contributed by atoms with E-state index in [9.17, 15) is 4.79 Å². The first-order valence-electron chi connectivity index (χ1n) is 3.23. The molecule has 3 atom stereocenters. The summed E-state index contributed by atoms with van der Waals surface area (Å²) in [6.45, 7) is 1.97. The number of carboxylic acid groups (broad SMARTS) is 1. The second-order valence-electron chi connectivity index (χ2n) is 2.56. The summed E-state index contributed by atoms with van der Waals surface area (Å²) in [5.41, 5.74) is 5.62. The van der Waals surface area contributed by atoms with Crippen molar-refractivity contribution in [3.63, 3.8) is 0 Å². The van der Waals surface area contributed by atoms with Gasteiger partial charge in [0.05, 0.1) is 5.92 Å². The molecule has 58 valence electrons. The minimum atomic E-state index is -0.760. The van der Waals surface area contributed by atoms with Crippen molar-refractivity contribution in [3.8, 4) is 0 Å². The zero-order valence-electron chi connectivity index (χ0n) is 5.78. The highest BCUT2D eigenvalue weighted by Crippen LogP contribution is 2.29. The van der Waals surface area contributed by atoms with Gasteiger partial charge in [-0.1, -0.05) is 6.92 Å². The molecular formula is C6H11NO2S. The van der Waals surface area contributed by atoms with Crippen LogP contribution in [0.5, 0.6) is 0 Å². The molecule has 0 aromatic rings. The molecule has 1 aliphatic rings. The van der Waals surface area contributed by atoms with Gasteiger partial charge in [-0.25, -0.2) is 0 Å². The number of carbonyl (C=O) groups is 1. The number of hydrogen-bond donors (Lipinski definition) is 2. The maximum Gasteiger partial charge on any atom is 0.308 e. The van der Waals surface area contributed by atoms with Crippen LogP contribution in [0.1, 0.15) is 6.92 Å². The predicted molar refractivity (Wildman–Crippen MR) is 41.0 cm³/mol. The van der Waals surface area contributed by atoms with Gasteiger partial charge in [-0.2, -0.15) is 11.8 Å². The van der Waals surface area contributed by atoms with Crippen molar-refractivity contribution in [2.45, 2.75) is 18.2 Å². The third-order valence-corrected chi connectivity index (χ3v) is 3.25. The van der Waals surface area contributed by atoms with Crippen LogP contribution in [-0.2, 0) is 4.79 Å². The van der Waals surface area contributed by atoms with Gasteiger partial charge < -0.3 is 10.8 Å². The zero-order valence-corrected chi connectivity index (χ0v) is 6.60. The van der Waals surface area contributed by atoms with E-state index in [4.69, 9.17) is 10.8 Å². The summed E-state index contributed by atoms with van der Waals surface area (Å²) in [5, 5.41) is 8.90. The van der Waals surface area contributed by atoms with Crippen LogP contribution < -0.4 is 5.73 Å². The Bertz CT molecular complexity index is 151. The summed E-state index contributed by atoms with van der Waals surface area (Å²) in [4.78, 5) is 10.5. The van der Waals surface area contributed by atoms with Crippen molar-refractivity contribution in [3.05, 3.63) is 0 Å². The van der Waals surface area contributed by atoms with Gasteiger partial charge in [-0.05, 0) is 0 Å². The molecule has 3 N–H and O–H groups in total. The van der Waals surface area contributed by atoms with E-state index < -0.39 is 5.97 Å². The van der Waals surface area contributed by atoms with Gasteiger partial charge in [0.15, 0.2) is 0 Å². The molecule has 0 spiro atoms. The topological polar surface area (TPSA) is 63.3 Å². The Morgan fingerprint density at radius 1 is 1.80 bits per heavy atom. The normalized spacial score (nSPS) is 40.0. The maximum absolute atomic E-state index is 10.5. The second kappa shape index (κ2) is 2.80. The van der Waals surface area contributed by atoms with E-state index in [1.807, 2.05) is 6.92 Å². The Morgan fingerprint density at radius 3 is 2.60 bits per heavy atom. The first-order valence-corrected chi connectivity index (χ1v) is 4.28. The lowest BCUT2D eigenvalue weighted by molar-refractivity contribution is -0.141. The highest BCUT2D eigenvalue weighted by Gasteiger charge is 2.35. The van der Waals surface area contributed by atoms with Gasteiger partial charge in [-0.3, -0.25) is 4.79 Å². The number of thioether (sulfide) groups is 1. The molecule has 0 amide bonds. The first-order chi connectivity index (χ1) is 4.63. The molecular weight excluding hydrogens is 150 g/mol. The molecule has 3 unspecified atom stereocenters. The molecule has 0 bridgehead atoms. The van der Waals surface area contributed by atoms with E-state index in [1.54, 1.807) is 11.8 Å². The van der Waals surface area contributed by atoms with E-state index in [1.165, 1.54) is 0 Å². The van der Waals surface area contributed by atoms with Crippen molar-refractivity contribution in [2.24, 2.45) is 11.7 Å². The van der Waals surface area contributed by atoms with Crippen LogP contribution in [0.25, 0.3) is 0 Å². The van der Waals surface area contributed by atoms with Crippen LogP contribution in [0.4, 0.5) is 0 Å². The summed E-state index contributed by atoms with van der Waals surface area (Å²) < 4.78 is 0. The summed E-state index contributed by atoms with van der Waals surface area (Å²) in [5.74, 6) is -0.429. The standard InChI is InChI=1S/C6H11NO2S/c1-3-5(7)4(2-10-3)6(8)9/h3-5H,2,7H2,1H3,(H,8,9). The maximum atomic E-state index is 10.5. The first kappa shape index (κ1) is 7.88. The highest BCUT2D eigenvalue weighted by molar-refractivity contribution is 8.00. The Morgan fingerprint density at radius 2 is 2.40 bits per heavy atom. The molecule has 0 aromatic carbocycles. The van der Waals surface area contributed by atoms with Crippen molar-refractivity contribution in [1.82, 2.24) is 0 Å². The number of rotatable bonds is 1. The molecule has 3 nitrogen and oxygen atoms in total. The van der Waals surface area contributed by atoms with Crippen LogP contribution in [0.2, 0.25) is 0 Å². The van der Waals surface area contributed by atoms with Crippen LogP contribution in [0.15, 0.2) is 0 Å². The number of carboxylic acids is 1. The molecule has 10 heavy (non-hydrogen) atoms. The monoisotopic (exact) mass is 161 g/mol. The number of nitrogens with two attached hydrogens (primary N) is 1. The minimum absolute atomic E-state index is 0.164. The van der Waals surface area contributed by atoms with E-state index >= 15 is 0 Å². The molecule has 0 saturated carbocycles. The molecule has 1 aliphatic heterocycles. The second-order valence-corrected chi connectivity index (χ2v) is 3.97. The summed E-state index contributed by atoms with van der Waals surface area (Å²) in [6, 6.07) is -0.164. The molecule has 0 aliphatic carbocycles. The van der Waals surface area contributed by atoms with E-state index in [0.717, 1.165) is 0 Å². The zero-order chi connectivity index (χ0) is 7.72. The lowest BCUT2D eigenvalue weighted by atomic mass is 10.0. The third kappa shape index (κ3) is 1.27. The SMILES string of the molecule is CC1SCC(C(=O)O)C1N. The molecule has 1 saturated heterocycles. The Labute approximate surface area is 64.0 Å². The Kier molecular flexibility index (Phi) is 2.21. The van der Waals surface area contributed by atoms with Crippen molar-refractivity contribution in [2.75, 3.05) is 5.75 Å². The fourth-order valence-electron chi connectivity index (χ4n) is 1.04. The number of aliphatic carboxylic acids is 1. The average Bonchev–Trinajstić information content (AvgIpc) is 2.14.